The maximum atomic E-state index is 6.03. The summed E-state index contributed by atoms with van der Waals surface area (Å²) >= 11 is 0. The monoisotopic (exact) mass is 665 g/mol. The molecule has 0 radical (unpaired) electrons. The van der Waals surface area contributed by atoms with Crippen molar-refractivity contribution in [3.05, 3.63) is 136 Å². The van der Waals surface area contributed by atoms with Crippen molar-refractivity contribution in [2.75, 3.05) is 24.6 Å². The van der Waals surface area contributed by atoms with E-state index in [0.29, 0.717) is 6.04 Å². The first kappa shape index (κ1) is 35.4. The summed E-state index contributed by atoms with van der Waals surface area (Å²) in [6, 6.07) is 32.1. The van der Waals surface area contributed by atoms with Gasteiger partial charge in [-0.05, 0) is 171 Å². The summed E-state index contributed by atoms with van der Waals surface area (Å²) in [6.45, 7) is 20.2. The summed E-state index contributed by atoms with van der Waals surface area (Å²) in [5.41, 5.74) is 16.9. The van der Waals surface area contributed by atoms with Crippen LogP contribution in [0.15, 0.2) is 91.1 Å². The Morgan fingerprint density at radius 2 is 1.34 bits per heavy atom. The molecule has 260 valence electrons. The number of aromatic nitrogens is 1. The quantitative estimate of drug-likeness (QED) is 0.124. The molecular formula is C46H55N3O. The number of piperidine rings is 1. The third kappa shape index (κ3) is 8.47. The van der Waals surface area contributed by atoms with Gasteiger partial charge in [0.15, 0.2) is 0 Å². The molecule has 0 N–H and O–H groups in total. The van der Waals surface area contributed by atoms with Crippen molar-refractivity contribution in [1.82, 2.24) is 9.88 Å². The Hall–Kier alpha value is -4.41. The number of anilines is 1. The second kappa shape index (κ2) is 16.1. The molecule has 1 aromatic heterocycles. The van der Waals surface area contributed by atoms with Gasteiger partial charge in [0.2, 0.25) is 0 Å². The highest BCUT2D eigenvalue weighted by Gasteiger charge is 2.26. The average molecular weight is 666 g/mol. The fourth-order valence-corrected chi connectivity index (χ4v) is 7.31. The zero-order valence-corrected chi connectivity index (χ0v) is 31.4. The maximum Gasteiger partial charge on any atom is 0.119 e. The Balaban J connectivity index is 1.19. The first-order valence-electron chi connectivity index (χ1n) is 18.6. The van der Waals surface area contributed by atoms with Crippen LogP contribution in [0.5, 0.6) is 5.75 Å². The highest BCUT2D eigenvalue weighted by molar-refractivity contribution is 5.67. The SMILES string of the molecule is CCCCOc1ccc(N(Cc2cccc(-c3cc(C)c(C)c(C)c3)c2)C2CCN(Cc3ccnc(-c4cc(C)c(C)c(C)c4)c3)CC2)cc1. The molecule has 0 spiro atoms. The molecular weight excluding hydrogens is 611 g/mol. The molecule has 6 rings (SSSR count). The van der Waals surface area contributed by atoms with Gasteiger partial charge in [-0.1, -0.05) is 43.7 Å². The summed E-state index contributed by atoms with van der Waals surface area (Å²) in [5.74, 6) is 0.955. The van der Waals surface area contributed by atoms with Crippen LogP contribution in [-0.2, 0) is 13.1 Å². The number of hydrogen-bond donors (Lipinski definition) is 0. The minimum atomic E-state index is 0.456. The Kier molecular flexibility index (Phi) is 11.4. The van der Waals surface area contributed by atoms with Crippen molar-refractivity contribution in [3.63, 3.8) is 0 Å². The summed E-state index contributed by atoms with van der Waals surface area (Å²) in [6.07, 6.45) is 6.44. The van der Waals surface area contributed by atoms with Gasteiger partial charge in [0.1, 0.15) is 5.75 Å². The lowest BCUT2D eigenvalue weighted by molar-refractivity contribution is 0.201. The lowest BCUT2D eigenvalue weighted by atomic mass is 9.95. The third-order valence-electron chi connectivity index (χ3n) is 10.9. The first-order valence-corrected chi connectivity index (χ1v) is 18.6. The molecule has 2 heterocycles. The van der Waals surface area contributed by atoms with Crippen LogP contribution in [0.2, 0.25) is 0 Å². The second-order valence-electron chi connectivity index (χ2n) is 14.6. The summed E-state index contributed by atoms with van der Waals surface area (Å²) in [4.78, 5) is 10.0. The van der Waals surface area contributed by atoms with E-state index in [-0.39, 0.29) is 0 Å². The molecule has 4 heteroatoms. The Morgan fingerprint density at radius 3 is 1.98 bits per heavy atom. The van der Waals surface area contributed by atoms with E-state index in [4.69, 9.17) is 9.72 Å². The molecule has 0 atom stereocenters. The van der Waals surface area contributed by atoms with Crippen LogP contribution < -0.4 is 9.64 Å². The Labute approximate surface area is 301 Å². The molecule has 50 heavy (non-hydrogen) atoms. The van der Waals surface area contributed by atoms with E-state index in [9.17, 15) is 0 Å². The number of benzene rings is 4. The number of aryl methyl sites for hydroxylation is 4. The molecule has 0 unspecified atom stereocenters. The van der Waals surface area contributed by atoms with Crippen LogP contribution >= 0.6 is 0 Å². The fourth-order valence-electron chi connectivity index (χ4n) is 7.31. The molecule has 4 aromatic carbocycles. The molecule has 4 nitrogen and oxygen atoms in total. The van der Waals surface area contributed by atoms with E-state index in [0.717, 1.165) is 69.9 Å². The van der Waals surface area contributed by atoms with Gasteiger partial charge in [-0.2, -0.15) is 0 Å². The van der Waals surface area contributed by atoms with Crippen molar-refractivity contribution >= 4 is 5.69 Å². The Bertz CT molecular complexity index is 1860. The number of nitrogens with zero attached hydrogens (tertiary/aromatic N) is 3. The highest BCUT2D eigenvalue weighted by atomic mass is 16.5. The van der Waals surface area contributed by atoms with Gasteiger partial charge in [-0.3, -0.25) is 9.88 Å². The minimum absolute atomic E-state index is 0.456. The molecule has 1 aliphatic heterocycles. The number of likely N-dealkylation sites (tertiary alicyclic amines) is 1. The van der Waals surface area contributed by atoms with E-state index < -0.39 is 0 Å². The molecule has 1 aliphatic rings. The van der Waals surface area contributed by atoms with Crippen molar-refractivity contribution in [3.8, 4) is 28.1 Å². The predicted molar refractivity (Wildman–Crippen MR) is 211 cm³/mol. The fraction of sp³-hybridized carbons (Fsp3) is 0.370. The van der Waals surface area contributed by atoms with Crippen LogP contribution in [0.25, 0.3) is 22.4 Å². The molecule has 5 aromatic rings. The molecule has 0 amide bonds. The predicted octanol–water partition coefficient (Wildman–Crippen LogP) is 11.1. The van der Waals surface area contributed by atoms with Gasteiger partial charge in [-0.15, -0.1) is 0 Å². The normalized spacial score (nSPS) is 13.8. The van der Waals surface area contributed by atoms with Crippen LogP contribution in [-0.4, -0.2) is 35.6 Å². The van der Waals surface area contributed by atoms with Crippen LogP contribution in [0.4, 0.5) is 5.69 Å². The van der Waals surface area contributed by atoms with Gasteiger partial charge in [-0.25, -0.2) is 0 Å². The molecule has 0 bridgehead atoms. The van der Waals surface area contributed by atoms with Gasteiger partial charge in [0.05, 0.1) is 12.3 Å². The van der Waals surface area contributed by atoms with E-state index in [1.54, 1.807) is 0 Å². The standard InChI is InChI=1S/C46H55N3O/c1-8-9-23-50-45-15-13-43(14-16-45)49(31-38-11-10-12-40(28-38)41-24-32(2)36(6)33(3)25-41)44-18-21-48(22-19-44)30-39-17-20-47-46(29-39)42-26-34(4)37(7)35(5)27-42/h10-17,20,24-29,44H,8-9,18-19,21-23,30-31H2,1-7H3. The summed E-state index contributed by atoms with van der Waals surface area (Å²) in [5, 5.41) is 0. The molecule has 0 saturated carbocycles. The van der Waals surface area contributed by atoms with Gasteiger partial charge in [0.25, 0.3) is 0 Å². The minimum Gasteiger partial charge on any atom is -0.494 e. The van der Waals surface area contributed by atoms with Crippen LogP contribution in [0, 0.1) is 41.5 Å². The average Bonchev–Trinajstić information content (AvgIpc) is 3.12. The van der Waals surface area contributed by atoms with Gasteiger partial charge >= 0.3 is 0 Å². The number of pyridine rings is 1. The summed E-state index contributed by atoms with van der Waals surface area (Å²) < 4.78 is 6.03. The topological polar surface area (TPSA) is 28.6 Å². The van der Waals surface area contributed by atoms with Crippen molar-refractivity contribution < 1.29 is 4.74 Å². The third-order valence-corrected chi connectivity index (χ3v) is 10.9. The van der Waals surface area contributed by atoms with Crippen molar-refractivity contribution in [1.29, 1.82) is 0 Å². The maximum absolute atomic E-state index is 6.03. The molecule has 1 fully saturated rings. The van der Waals surface area contributed by atoms with E-state index in [1.807, 2.05) is 6.20 Å². The second-order valence-corrected chi connectivity index (χ2v) is 14.6. The van der Waals surface area contributed by atoms with E-state index in [2.05, 4.69) is 143 Å². The zero-order valence-electron chi connectivity index (χ0n) is 31.4. The largest absolute Gasteiger partial charge is 0.494 e. The van der Waals surface area contributed by atoms with E-state index in [1.165, 1.54) is 66.9 Å². The first-order chi connectivity index (χ1) is 24.2. The number of hydrogen-bond acceptors (Lipinski definition) is 4. The van der Waals surface area contributed by atoms with Crippen molar-refractivity contribution in [2.45, 2.75) is 93.3 Å². The van der Waals surface area contributed by atoms with Gasteiger partial charge < -0.3 is 9.64 Å². The Morgan fingerprint density at radius 1 is 0.700 bits per heavy atom. The van der Waals surface area contributed by atoms with E-state index >= 15 is 0 Å². The highest BCUT2D eigenvalue weighted by Crippen LogP contribution is 2.31. The lowest BCUT2D eigenvalue weighted by Crippen LogP contribution is -2.44. The lowest BCUT2D eigenvalue weighted by Gasteiger charge is -2.40. The molecule has 0 aliphatic carbocycles. The van der Waals surface area contributed by atoms with Gasteiger partial charge in [0, 0.05) is 49.7 Å². The van der Waals surface area contributed by atoms with Crippen LogP contribution in [0.3, 0.4) is 0 Å². The zero-order chi connectivity index (χ0) is 35.2. The summed E-state index contributed by atoms with van der Waals surface area (Å²) in [7, 11) is 0. The number of rotatable bonds is 12. The number of unbranched alkanes of at least 4 members (excludes halogenated alkanes) is 1. The smallest absolute Gasteiger partial charge is 0.119 e. The molecule has 1 saturated heterocycles. The van der Waals surface area contributed by atoms with Crippen LogP contribution in [0.1, 0.15) is 77.1 Å². The number of ether oxygens (including phenoxy) is 1. The van der Waals surface area contributed by atoms with Crippen molar-refractivity contribution in [2.24, 2.45) is 0 Å².